The van der Waals surface area contributed by atoms with E-state index in [4.69, 9.17) is 10.8 Å². The summed E-state index contributed by atoms with van der Waals surface area (Å²) in [6.45, 7) is 0.628. The maximum Gasteiger partial charge on any atom is 0.307 e. The second-order valence-corrected chi connectivity index (χ2v) is 9.11. The van der Waals surface area contributed by atoms with Crippen molar-refractivity contribution in [2.75, 3.05) is 6.54 Å². The maximum atomic E-state index is 10.5. The Balaban J connectivity index is 0.000000139. The summed E-state index contributed by atoms with van der Waals surface area (Å²) < 4.78 is 0. The van der Waals surface area contributed by atoms with Crippen molar-refractivity contribution in [3.63, 3.8) is 0 Å². The molecule has 3 aromatic carbocycles. The zero-order valence-corrected chi connectivity index (χ0v) is 21.5. The molecule has 0 spiro atoms. The van der Waals surface area contributed by atoms with E-state index in [0.717, 1.165) is 56.5 Å². The van der Waals surface area contributed by atoms with Crippen LogP contribution < -0.4 is 5.73 Å². The Morgan fingerprint density at radius 3 is 1.57 bits per heavy atom. The number of phenols is 3. The molecular formula is C30H30N4O6. The predicted octanol–water partition coefficient (Wildman–Crippen LogP) is 4.49. The van der Waals surface area contributed by atoms with E-state index in [2.05, 4.69) is 15.0 Å². The van der Waals surface area contributed by atoms with Crippen LogP contribution in [-0.2, 0) is 28.9 Å². The zero-order chi connectivity index (χ0) is 28.6. The van der Waals surface area contributed by atoms with Crippen molar-refractivity contribution >= 4 is 45.0 Å². The first-order valence-corrected chi connectivity index (χ1v) is 12.5. The summed E-state index contributed by atoms with van der Waals surface area (Å²) in [5.74, 6) is -0.220. The molecule has 3 aromatic heterocycles. The van der Waals surface area contributed by atoms with Gasteiger partial charge < -0.3 is 45.9 Å². The zero-order valence-electron chi connectivity index (χ0n) is 21.5. The lowest BCUT2D eigenvalue weighted by atomic mass is 10.1. The van der Waals surface area contributed by atoms with Crippen LogP contribution in [0.15, 0.2) is 73.2 Å². The molecule has 9 N–H and O–H groups in total. The van der Waals surface area contributed by atoms with Crippen LogP contribution in [-0.4, -0.2) is 54.2 Å². The van der Waals surface area contributed by atoms with Crippen molar-refractivity contribution in [2.45, 2.75) is 19.3 Å². The van der Waals surface area contributed by atoms with Crippen molar-refractivity contribution < 1.29 is 30.0 Å². The standard InChI is InChI=1S/C10H12N2O.C10H9NO3.C10H9NO2/c11-4-3-7-6-12-10-2-1-8(13)5-9(7)10;12-7-1-2-9-8(4-7)6(5-11-9)3-10(13)14;12-4-3-7-6-11-10-2-1-8(13)5-9(7)10/h1-2,5-6,12-13H,3-4,11H2;1-2,4-5,11-12H,3H2,(H,13,14);1-2,4-6,11,13H,3H2. The highest BCUT2D eigenvalue weighted by Gasteiger charge is 2.08. The van der Waals surface area contributed by atoms with E-state index in [1.807, 2.05) is 12.3 Å². The van der Waals surface area contributed by atoms with Crippen molar-refractivity contribution in [1.82, 2.24) is 15.0 Å². The fourth-order valence-corrected chi connectivity index (χ4v) is 4.43. The number of fused-ring (bicyclic) bond motifs is 3. The first-order chi connectivity index (χ1) is 19.3. The number of nitrogens with two attached hydrogens (primary N) is 1. The lowest BCUT2D eigenvalue weighted by Crippen LogP contribution is -2.01. The van der Waals surface area contributed by atoms with Gasteiger partial charge in [0, 0.05) is 57.7 Å². The molecule has 6 rings (SSSR count). The third-order valence-electron chi connectivity index (χ3n) is 6.31. The average molecular weight is 543 g/mol. The molecule has 0 fully saturated rings. The second kappa shape index (κ2) is 12.5. The van der Waals surface area contributed by atoms with Gasteiger partial charge in [-0.2, -0.15) is 0 Å². The summed E-state index contributed by atoms with van der Waals surface area (Å²) in [5.41, 5.74) is 11.0. The molecule has 40 heavy (non-hydrogen) atoms. The number of rotatable bonds is 6. The quantitative estimate of drug-likeness (QED) is 0.142. The summed E-state index contributed by atoms with van der Waals surface area (Å²) in [4.78, 5) is 30.0. The van der Waals surface area contributed by atoms with E-state index < -0.39 is 5.97 Å². The number of carbonyl (C=O) groups excluding carboxylic acids is 1. The molecule has 0 aliphatic heterocycles. The predicted molar refractivity (Wildman–Crippen MR) is 154 cm³/mol. The van der Waals surface area contributed by atoms with Crippen LogP contribution >= 0.6 is 0 Å². The van der Waals surface area contributed by atoms with E-state index in [1.54, 1.807) is 60.9 Å². The molecule has 0 radical (unpaired) electrons. The number of aliphatic carboxylic acids is 1. The number of aromatic amines is 3. The van der Waals surface area contributed by atoms with Crippen LogP contribution in [0, 0.1) is 0 Å². The van der Waals surface area contributed by atoms with Crippen molar-refractivity contribution in [3.05, 3.63) is 89.9 Å². The Morgan fingerprint density at radius 2 is 1.12 bits per heavy atom. The van der Waals surface area contributed by atoms with Gasteiger partial charge in [0.1, 0.15) is 23.5 Å². The molecule has 206 valence electrons. The molecule has 10 heteroatoms. The van der Waals surface area contributed by atoms with E-state index in [0.29, 0.717) is 24.3 Å². The molecule has 0 amide bonds. The number of carboxylic acids is 1. The highest BCUT2D eigenvalue weighted by molar-refractivity contribution is 5.88. The van der Waals surface area contributed by atoms with Gasteiger partial charge in [0.25, 0.3) is 0 Å². The van der Waals surface area contributed by atoms with Crippen LogP contribution in [0.2, 0.25) is 0 Å². The number of aldehydes is 1. The molecule has 0 atom stereocenters. The number of hydrogen-bond donors (Lipinski definition) is 8. The molecule has 3 heterocycles. The van der Waals surface area contributed by atoms with Crippen LogP contribution in [0.4, 0.5) is 0 Å². The summed E-state index contributed by atoms with van der Waals surface area (Å²) in [7, 11) is 0. The Hall–Kier alpha value is -5.22. The number of phenolic OH excluding ortho intramolecular Hbond substituents is 3. The third-order valence-corrected chi connectivity index (χ3v) is 6.31. The Kier molecular flexibility index (Phi) is 8.72. The van der Waals surface area contributed by atoms with Gasteiger partial charge in [-0.25, -0.2) is 0 Å². The van der Waals surface area contributed by atoms with E-state index in [9.17, 15) is 24.9 Å². The van der Waals surface area contributed by atoms with Gasteiger partial charge in [0.05, 0.1) is 6.42 Å². The molecule has 0 saturated carbocycles. The van der Waals surface area contributed by atoms with Gasteiger partial charge in [-0.05, 0) is 84.3 Å². The van der Waals surface area contributed by atoms with Crippen molar-refractivity contribution in [2.24, 2.45) is 5.73 Å². The highest BCUT2D eigenvalue weighted by Crippen LogP contribution is 2.24. The van der Waals surface area contributed by atoms with Crippen molar-refractivity contribution in [1.29, 1.82) is 0 Å². The first kappa shape index (κ1) is 27.8. The second-order valence-electron chi connectivity index (χ2n) is 9.11. The normalized spacial score (nSPS) is 10.6. The third kappa shape index (κ3) is 6.61. The van der Waals surface area contributed by atoms with Gasteiger partial charge >= 0.3 is 5.97 Å². The molecule has 0 aliphatic rings. The monoisotopic (exact) mass is 542 g/mol. The summed E-state index contributed by atoms with van der Waals surface area (Å²) in [5, 5.41) is 39.1. The first-order valence-electron chi connectivity index (χ1n) is 12.5. The fourth-order valence-electron chi connectivity index (χ4n) is 4.43. The molecule has 0 saturated heterocycles. The number of aromatic hydroxyl groups is 3. The van der Waals surface area contributed by atoms with Crippen molar-refractivity contribution in [3.8, 4) is 17.2 Å². The highest BCUT2D eigenvalue weighted by atomic mass is 16.4. The summed E-state index contributed by atoms with van der Waals surface area (Å²) in [6.07, 6.45) is 7.41. The number of carboxylic acid groups (broad SMARTS) is 1. The van der Waals surface area contributed by atoms with Crippen LogP contribution in [0.1, 0.15) is 16.7 Å². The average Bonchev–Trinajstić information content (AvgIpc) is 3.63. The van der Waals surface area contributed by atoms with Gasteiger partial charge in [0.2, 0.25) is 0 Å². The largest absolute Gasteiger partial charge is 0.508 e. The maximum absolute atomic E-state index is 10.5. The Labute approximate surface area is 228 Å². The van der Waals surface area contributed by atoms with E-state index in [-0.39, 0.29) is 17.9 Å². The minimum atomic E-state index is -0.880. The molecule has 0 unspecified atom stereocenters. The number of H-pyrrole nitrogens is 3. The molecule has 10 nitrogen and oxygen atoms in total. The van der Waals surface area contributed by atoms with Crippen LogP contribution in [0.3, 0.4) is 0 Å². The van der Waals surface area contributed by atoms with Crippen LogP contribution in [0.25, 0.3) is 32.7 Å². The fraction of sp³-hybridized carbons (Fsp3) is 0.133. The number of hydrogen-bond acceptors (Lipinski definition) is 6. The SMILES string of the molecule is NCCc1c[nH]c2ccc(O)cc12.O=C(O)Cc1c[nH]c2ccc(O)cc12.O=CCc1c[nH]c2ccc(O)cc12. The molecule has 0 aliphatic carbocycles. The van der Waals surface area contributed by atoms with Gasteiger partial charge in [-0.3, -0.25) is 4.79 Å². The molecule has 6 aromatic rings. The number of benzene rings is 3. The molecular weight excluding hydrogens is 512 g/mol. The van der Waals surface area contributed by atoms with E-state index in [1.165, 1.54) is 0 Å². The lowest BCUT2D eigenvalue weighted by Gasteiger charge is -1.96. The topological polar surface area (TPSA) is 188 Å². The number of nitrogens with one attached hydrogen (secondary N) is 3. The van der Waals surface area contributed by atoms with Crippen LogP contribution in [0.5, 0.6) is 17.2 Å². The minimum Gasteiger partial charge on any atom is -0.508 e. The Bertz CT molecular complexity index is 1760. The summed E-state index contributed by atoms with van der Waals surface area (Å²) >= 11 is 0. The lowest BCUT2D eigenvalue weighted by molar-refractivity contribution is -0.136. The smallest absolute Gasteiger partial charge is 0.307 e. The minimum absolute atomic E-state index is 0.0382. The summed E-state index contributed by atoms with van der Waals surface area (Å²) in [6, 6.07) is 15.2. The van der Waals surface area contributed by atoms with E-state index >= 15 is 0 Å². The number of aromatic nitrogens is 3. The van der Waals surface area contributed by atoms with Gasteiger partial charge in [0.15, 0.2) is 0 Å². The number of carbonyl (C=O) groups is 2. The van der Waals surface area contributed by atoms with Gasteiger partial charge in [-0.1, -0.05) is 0 Å². The van der Waals surface area contributed by atoms with Gasteiger partial charge in [-0.15, -0.1) is 0 Å². The Morgan fingerprint density at radius 1 is 0.700 bits per heavy atom. The molecule has 0 bridgehead atoms.